The zero-order valence-electron chi connectivity index (χ0n) is 7.78. The molecule has 0 aliphatic rings. The summed E-state index contributed by atoms with van der Waals surface area (Å²) in [6.07, 6.45) is 0. The Labute approximate surface area is 76.7 Å². The van der Waals surface area contributed by atoms with Crippen LogP contribution in [0.3, 0.4) is 0 Å². The van der Waals surface area contributed by atoms with Crippen molar-refractivity contribution in [1.29, 1.82) is 0 Å². The number of nitrogens with zero attached hydrogens (tertiary/aromatic N) is 3. The van der Waals surface area contributed by atoms with Crippen molar-refractivity contribution in [1.82, 2.24) is 15.0 Å². The van der Waals surface area contributed by atoms with Gasteiger partial charge in [-0.2, -0.15) is 0 Å². The summed E-state index contributed by atoms with van der Waals surface area (Å²) < 4.78 is 1.77. The maximum absolute atomic E-state index is 4.05. The van der Waals surface area contributed by atoms with Crippen molar-refractivity contribution in [2.45, 2.75) is 13.8 Å². The van der Waals surface area contributed by atoms with E-state index in [9.17, 15) is 0 Å². The Morgan fingerprint density at radius 2 is 2.23 bits per heavy atom. The van der Waals surface area contributed by atoms with Gasteiger partial charge >= 0.3 is 0 Å². The van der Waals surface area contributed by atoms with Gasteiger partial charge in [0.25, 0.3) is 0 Å². The molecule has 3 heteroatoms. The van der Waals surface area contributed by atoms with Crippen LogP contribution in [0.5, 0.6) is 0 Å². The second-order valence-corrected chi connectivity index (χ2v) is 3.18. The van der Waals surface area contributed by atoms with Gasteiger partial charge in [0, 0.05) is 5.70 Å². The molecule has 0 N–H and O–H groups in total. The van der Waals surface area contributed by atoms with E-state index in [0.717, 1.165) is 16.7 Å². The van der Waals surface area contributed by atoms with Gasteiger partial charge in [0.15, 0.2) is 0 Å². The molecule has 1 heterocycles. The van der Waals surface area contributed by atoms with Crippen LogP contribution in [0.15, 0.2) is 24.8 Å². The van der Waals surface area contributed by atoms with Crippen LogP contribution < -0.4 is 0 Å². The second-order valence-electron chi connectivity index (χ2n) is 3.18. The lowest BCUT2D eigenvalue weighted by Gasteiger charge is -2.01. The third-order valence-electron chi connectivity index (χ3n) is 2.03. The van der Waals surface area contributed by atoms with Crippen LogP contribution in [-0.2, 0) is 0 Å². The fourth-order valence-electron chi connectivity index (χ4n) is 1.40. The average Bonchev–Trinajstić information content (AvgIpc) is 2.49. The lowest BCUT2D eigenvalue weighted by molar-refractivity contribution is 0.835. The molecule has 13 heavy (non-hydrogen) atoms. The van der Waals surface area contributed by atoms with Crippen molar-refractivity contribution >= 4 is 16.7 Å². The maximum Gasteiger partial charge on any atom is 0.113 e. The Morgan fingerprint density at radius 3 is 2.92 bits per heavy atom. The van der Waals surface area contributed by atoms with E-state index in [1.165, 1.54) is 5.56 Å². The van der Waals surface area contributed by atoms with Crippen molar-refractivity contribution in [2.75, 3.05) is 0 Å². The van der Waals surface area contributed by atoms with E-state index in [-0.39, 0.29) is 0 Å². The van der Waals surface area contributed by atoms with Crippen LogP contribution in [0.25, 0.3) is 16.7 Å². The summed E-state index contributed by atoms with van der Waals surface area (Å²) in [5.74, 6) is 0. The van der Waals surface area contributed by atoms with Gasteiger partial charge in [-0.05, 0) is 25.5 Å². The predicted octanol–water partition coefficient (Wildman–Crippen LogP) is 2.23. The molecule has 0 fully saturated rings. The summed E-state index contributed by atoms with van der Waals surface area (Å²) in [4.78, 5) is 0. The first-order chi connectivity index (χ1) is 6.20. The van der Waals surface area contributed by atoms with Gasteiger partial charge in [-0.3, -0.25) is 0 Å². The molecular formula is C10H11N3. The Morgan fingerprint density at radius 1 is 1.46 bits per heavy atom. The average molecular weight is 173 g/mol. The first-order valence-electron chi connectivity index (χ1n) is 4.17. The normalized spacial score (nSPS) is 10.6. The van der Waals surface area contributed by atoms with Gasteiger partial charge < -0.3 is 0 Å². The van der Waals surface area contributed by atoms with Crippen LogP contribution in [0, 0.1) is 6.92 Å². The van der Waals surface area contributed by atoms with E-state index in [1.54, 1.807) is 4.68 Å². The van der Waals surface area contributed by atoms with E-state index in [0.29, 0.717) is 0 Å². The quantitative estimate of drug-likeness (QED) is 0.662. The smallest absolute Gasteiger partial charge is 0.113 e. The van der Waals surface area contributed by atoms with Gasteiger partial charge in [0.2, 0.25) is 0 Å². The molecule has 0 aliphatic heterocycles. The standard InChI is InChI=1S/C10H11N3/c1-7(2)13-10-8(3)5-4-6-9(10)11-12-13/h4-6H,1H2,2-3H3. The van der Waals surface area contributed by atoms with Crippen LogP contribution in [0.1, 0.15) is 12.5 Å². The third kappa shape index (κ3) is 1.13. The van der Waals surface area contributed by atoms with Crippen molar-refractivity contribution in [3.05, 3.63) is 30.3 Å². The molecule has 3 nitrogen and oxygen atoms in total. The molecule has 0 saturated heterocycles. The van der Waals surface area contributed by atoms with E-state index in [4.69, 9.17) is 0 Å². The number of benzene rings is 1. The highest BCUT2D eigenvalue weighted by Gasteiger charge is 2.05. The topological polar surface area (TPSA) is 30.7 Å². The molecule has 1 aromatic carbocycles. The summed E-state index contributed by atoms with van der Waals surface area (Å²) in [7, 11) is 0. The number of hydrogen-bond donors (Lipinski definition) is 0. The van der Waals surface area contributed by atoms with E-state index in [2.05, 4.69) is 16.9 Å². The first kappa shape index (κ1) is 7.98. The minimum atomic E-state index is 0.886. The number of aryl methyl sites for hydroxylation is 1. The summed E-state index contributed by atoms with van der Waals surface area (Å²) >= 11 is 0. The predicted molar refractivity (Wildman–Crippen MR) is 53.3 cm³/mol. The molecule has 0 bridgehead atoms. The first-order valence-corrected chi connectivity index (χ1v) is 4.17. The van der Waals surface area contributed by atoms with E-state index in [1.807, 2.05) is 32.0 Å². The van der Waals surface area contributed by atoms with Gasteiger partial charge in [-0.15, -0.1) is 5.10 Å². The highest BCUT2D eigenvalue weighted by Crippen LogP contribution is 2.17. The highest BCUT2D eigenvalue weighted by molar-refractivity contribution is 5.80. The largest absolute Gasteiger partial charge is 0.218 e. The molecule has 1 aromatic heterocycles. The minimum Gasteiger partial charge on any atom is -0.218 e. The monoisotopic (exact) mass is 173 g/mol. The van der Waals surface area contributed by atoms with Crippen LogP contribution >= 0.6 is 0 Å². The molecule has 0 atom stereocenters. The molecule has 0 amide bonds. The molecule has 0 unspecified atom stereocenters. The summed E-state index contributed by atoms with van der Waals surface area (Å²) in [6, 6.07) is 5.98. The van der Waals surface area contributed by atoms with Crippen molar-refractivity contribution in [3.8, 4) is 0 Å². The fourth-order valence-corrected chi connectivity index (χ4v) is 1.40. The van der Waals surface area contributed by atoms with E-state index < -0.39 is 0 Å². The van der Waals surface area contributed by atoms with Crippen molar-refractivity contribution in [3.63, 3.8) is 0 Å². The van der Waals surface area contributed by atoms with Crippen LogP contribution in [-0.4, -0.2) is 15.0 Å². The van der Waals surface area contributed by atoms with Crippen LogP contribution in [0.4, 0.5) is 0 Å². The van der Waals surface area contributed by atoms with Crippen molar-refractivity contribution < 1.29 is 0 Å². The Hall–Kier alpha value is -1.64. The number of hydrogen-bond acceptors (Lipinski definition) is 2. The van der Waals surface area contributed by atoms with Gasteiger partial charge in [0.1, 0.15) is 5.52 Å². The van der Waals surface area contributed by atoms with Crippen molar-refractivity contribution in [2.24, 2.45) is 0 Å². The zero-order chi connectivity index (χ0) is 9.42. The summed E-state index contributed by atoms with van der Waals surface area (Å²) in [5, 5.41) is 8.08. The lowest BCUT2D eigenvalue weighted by atomic mass is 10.2. The number of allylic oxidation sites excluding steroid dienone is 1. The molecule has 2 rings (SSSR count). The Bertz CT molecular complexity index is 468. The highest BCUT2D eigenvalue weighted by atomic mass is 15.4. The van der Waals surface area contributed by atoms with E-state index >= 15 is 0 Å². The molecule has 2 aromatic rings. The Kier molecular flexibility index (Phi) is 1.65. The van der Waals surface area contributed by atoms with Crippen LogP contribution in [0.2, 0.25) is 0 Å². The molecule has 0 radical (unpaired) electrons. The Balaban J connectivity index is 2.86. The number of rotatable bonds is 1. The molecule has 0 saturated carbocycles. The summed E-state index contributed by atoms with van der Waals surface area (Å²) in [6.45, 7) is 7.81. The lowest BCUT2D eigenvalue weighted by Crippen LogP contribution is -1.95. The van der Waals surface area contributed by atoms with Gasteiger partial charge in [0.05, 0.1) is 5.52 Å². The maximum atomic E-state index is 4.05. The summed E-state index contributed by atoms with van der Waals surface area (Å²) in [5.41, 5.74) is 4.03. The fraction of sp³-hybridized carbons (Fsp3) is 0.200. The SMILES string of the molecule is C=C(C)n1nnc2cccc(C)c21. The molecule has 0 aliphatic carbocycles. The minimum absolute atomic E-state index is 0.886. The second kappa shape index (κ2) is 2.69. The van der Waals surface area contributed by atoms with Gasteiger partial charge in [-0.25, -0.2) is 4.68 Å². The zero-order valence-corrected chi connectivity index (χ0v) is 7.78. The number of para-hydroxylation sites is 1. The number of fused-ring (bicyclic) bond motifs is 1. The molecule has 66 valence electrons. The number of aromatic nitrogens is 3. The molecule has 0 spiro atoms. The van der Waals surface area contributed by atoms with Gasteiger partial charge in [-0.1, -0.05) is 23.9 Å². The molecular weight excluding hydrogens is 162 g/mol. The third-order valence-corrected chi connectivity index (χ3v) is 2.03.